The molecule has 2 aromatic rings. The highest BCUT2D eigenvalue weighted by atomic mass is 16.1. The molecule has 0 aliphatic heterocycles. The van der Waals surface area contributed by atoms with Crippen LogP contribution in [0, 0.1) is 0 Å². The molecule has 0 spiro atoms. The van der Waals surface area contributed by atoms with E-state index in [4.69, 9.17) is 11.5 Å². The summed E-state index contributed by atoms with van der Waals surface area (Å²) in [5.74, 6) is 0.0210. The number of fused-ring (bicyclic) bond motifs is 1. The topological polar surface area (TPSA) is 141 Å². The minimum absolute atomic E-state index is 0.102. The van der Waals surface area contributed by atoms with Crippen molar-refractivity contribution in [3.05, 3.63) is 40.3 Å². The summed E-state index contributed by atoms with van der Waals surface area (Å²) >= 11 is 0. The van der Waals surface area contributed by atoms with Crippen molar-refractivity contribution in [1.82, 2.24) is 15.5 Å². The van der Waals surface area contributed by atoms with E-state index in [0.29, 0.717) is 30.6 Å². The third-order valence-electron chi connectivity index (χ3n) is 3.14. The van der Waals surface area contributed by atoms with Crippen LogP contribution in [0.3, 0.4) is 0 Å². The Kier molecular flexibility index (Phi) is 5.07. The lowest BCUT2D eigenvalue weighted by Crippen LogP contribution is -2.79. The number of aryl methyl sites for hydroxylation is 1. The lowest BCUT2D eigenvalue weighted by molar-refractivity contribution is -0.456. The molecule has 22 heavy (non-hydrogen) atoms. The van der Waals surface area contributed by atoms with E-state index in [2.05, 4.69) is 20.5 Å². The molecule has 0 fully saturated rings. The highest BCUT2D eigenvalue weighted by molar-refractivity contribution is 5.84. The molecule has 0 aliphatic rings. The van der Waals surface area contributed by atoms with Crippen molar-refractivity contribution in [2.45, 2.75) is 12.8 Å². The molecule has 0 unspecified atom stereocenters. The molecule has 1 aromatic carbocycles. The highest BCUT2D eigenvalue weighted by Crippen LogP contribution is 2.13. The van der Waals surface area contributed by atoms with E-state index in [9.17, 15) is 9.59 Å². The van der Waals surface area contributed by atoms with Gasteiger partial charge in [0.1, 0.15) is 0 Å². The van der Waals surface area contributed by atoms with Gasteiger partial charge in [0.2, 0.25) is 5.91 Å². The zero-order chi connectivity index (χ0) is 15.9. The van der Waals surface area contributed by atoms with E-state index >= 15 is 0 Å². The number of aromatic amines is 1. The van der Waals surface area contributed by atoms with Gasteiger partial charge in [-0.1, -0.05) is 18.2 Å². The maximum absolute atomic E-state index is 11.8. The number of amides is 1. The van der Waals surface area contributed by atoms with Crippen LogP contribution in [0.2, 0.25) is 0 Å². The second kappa shape index (κ2) is 7.21. The summed E-state index contributed by atoms with van der Waals surface area (Å²) in [4.78, 5) is 26.1. The van der Waals surface area contributed by atoms with Crippen LogP contribution in [-0.2, 0) is 11.2 Å². The monoisotopic (exact) mass is 303 g/mol. The average Bonchev–Trinajstić information content (AvgIpc) is 2.51. The number of carbonyl (C=O) groups is 1. The molecule has 0 saturated carbocycles. The molecule has 1 heterocycles. The Bertz CT molecular complexity index is 748. The van der Waals surface area contributed by atoms with Crippen LogP contribution in [0.5, 0.6) is 0 Å². The highest BCUT2D eigenvalue weighted by Gasteiger charge is 2.08. The molecule has 0 atom stereocenters. The average molecular weight is 303 g/mol. The van der Waals surface area contributed by atoms with Gasteiger partial charge in [-0.3, -0.25) is 26.0 Å². The first-order chi connectivity index (χ1) is 10.6. The van der Waals surface area contributed by atoms with Crippen molar-refractivity contribution in [1.29, 1.82) is 0 Å². The normalized spacial score (nSPS) is 10.4. The van der Waals surface area contributed by atoms with Crippen LogP contribution >= 0.6 is 0 Å². The third kappa shape index (κ3) is 4.05. The van der Waals surface area contributed by atoms with Crippen molar-refractivity contribution >= 4 is 22.6 Å². The molecule has 0 aliphatic carbocycles. The van der Waals surface area contributed by atoms with Crippen LogP contribution in [0.25, 0.3) is 10.8 Å². The Hall–Kier alpha value is -2.90. The number of hydrogen-bond donors (Lipinski definition) is 5. The van der Waals surface area contributed by atoms with Gasteiger partial charge in [-0.05, 0) is 6.07 Å². The molecule has 7 N–H and O–H groups in total. The summed E-state index contributed by atoms with van der Waals surface area (Å²) < 4.78 is 0. The lowest BCUT2D eigenvalue weighted by Gasteiger charge is -2.05. The molecule has 116 valence electrons. The summed E-state index contributed by atoms with van der Waals surface area (Å²) in [6.07, 6.45) is 0.729. The number of rotatable bonds is 6. The molecule has 0 saturated heterocycles. The predicted octanol–water partition coefficient (Wildman–Crippen LogP) is -2.67. The molecule has 2 rings (SSSR count). The first kappa shape index (κ1) is 15.5. The number of nitrogens with zero attached hydrogens (tertiary/aromatic N) is 1. The van der Waals surface area contributed by atoms with Crippen LogP contribution in [0.4, 0.5) is 0 Å². The summed E-state index contributed by atoms with van der Waals surface area (Å²) in [6, 6.07) is 7.20. The first-order valence-corrected chi connectivity index (χ1v) is 6.92. The van der Waals surface area contributed by atoms with E-state index in [-0.39, 0.29) is 23.8 Å². The van der Waals surface area contributed by atoms with E-state index in [1.807, 2.05) is 12.1 Å². The van der Waals surface area contributed by atoms with Crippen molar-refractivity contribution in [2.24, 2.45) is 11.5 Å². The number of nitrogens with two attached hydrogens (primary N) is 2. The maximum Gasteiger partial charge on any atom is 0.338 e. The van der Waals surface area contributed by atoms with E-state index < -0.39 is 0 Å². The van der Waals surface area contributed by atoms with Crippen LogP contribution in [-0.4, -0.2) is 35.2 Å². The maximum atomic E-state index is 11.8. The molecule has 0 radical (unpaired) electrons. The van der Waals surface area contributed by atoms with E-state index in [1.54, 1.807) is 12.1 Å². The Morgan fingerprint density at radius 1 is 1.27 bits per heavy atom. The van der Waals surface area contributed by atoms with Crippen LogP contribution in [0.15, 0.2) is 29.1 Å². The largest absolute Gasteiger partial charge is 0.353 e. The number of H-pyrrole nitrogens is 1. The van der Waals surface area contributed by atoms with Gasteiger partial charge in [-0.15, -0.1) is 0 Å². The second-order valence-corrected chi connectivity index (χ2v) is 4.78. The smallest absolute Gasteiger partial charge is 0.338 e. The summed E-state index contributed by atoms with van der Waals surface area (Å²) in [6.45, 7) is 0.893. The Balaban J connectivity index is 1.95. The van der Waals surface area contributed by atoms with Gasteiger partial charge in [0.05, 0.1) is 17.6 Å². The molecule has 8 heteroatoms. The van der Waals surface area contributed by atoms with Crippen molar-refractivity contribution in [3.63, 3.8) is 0 Å². The number of guanidine groups is 1. The fraction of sp³-hybridized carbons (Fsp3) is 0.286. The van der Waals surface area contributed by atoms with Gasteiger partial charge in [0, 0.05) is 24.8 Å². The minimum Gasteiger partial charge on any atom is -0.353 e. The van der Waals surface area contributed by atoms with Gasteiger partial charge in [0.15, 0.2) is 0 Å². The van der Waals surface area contributed by atoms with Crippen molar-refractivity contribution < 1.29 is 9.79 Å². The van der Waals surface area contributed by atoms with E-state index in [0.717, 1.165) is 5.39 Å². The molecule has 0 bridgehead atoms. The molecule has 1 amide bonds. The number of benzene rings is 1. The van der Waals surface area contributed by atoms with Crippen molar-refractivity contribution in [3.8, 4) is 0 Å². The van der Waals surface area contributed by atoms with E-state index in [1.165, 1.54) is 0 Å². The predicted molar refractivity (Wildman–Crippen MR) is 82.9 cm³/mol. The van der Waals surface area contributed by atoms with Crippen LogP contribution < -0.4 is 27.3 Å². The number of aromatic nitrogens is 2. The summed E-state index contributed by atoms with van der Waals surface area (Å²) in [7, 11) is 0. The van der Waals surface area contributed by atoms with Crippen molar-refractivity contribution in [2.75, 3.05) is 13.1 Å². The molecular formula is C14H19N6O2+. The zero-order valence-electron chi connectivity index (χ0n) is 12.1. The SMILES string of the molecule is NC(N)=[NH+]CCNC(=O)CCc1n[nH]c(=O)c2ccccc12. The third-order valence-corrected chi connectivity index (χ3v) is 3.14. The minimum atomic E-state index is -0.231. The van der Waals surface area contributed by atoms with Gasteiger partial charge >= 0.3 is 5.96 Å². The Morgan fingerprint density at radius 3 is 2.73 bits per heavy atom. The molecule has 1 aromatic heterocycles. The summed E-state index contributed by atoms with van der Waals surface area (Å²) in [5, 5.41) is 10.6. The quantitative estimate of drug-likeness (QED) is 0.225. The first-order valence-electron chi connectivity index (χ1n) is 6.92. The number of carbonyl (C=O) groups excluding carboxylic acids is 1. The van der Waals surface area contributed by atoms with Gasteiger partial charge < -0.3 is 5.32 Å². The van der Waals surface area contributed by atoms with Gasteiger partial charge in [-0.25, -0.2) is 5.10 Å². The zero-order valence-corrected chi connectivity index (χ0v) is 12.1. The fourth-order valence-electron chi connectivity index (χ4n) is 2.09. The lowest BCUT2D eigenvalue weighted by atomic mass is 10.1. The number of nitrogens with one attached hydrogen (secondary N) is 3. The molecule has 8 nitrogen and oxygen atoms in total. The Labute approximate surface area is 126 Å². The fourth-order valence-corrected chi connectivity index (χ4v) is 2.09. The summed E-state index contributed by atoms with van der Waals surface area (Å²) in [5.41, 5.74) is 11.0. The standard InChI is InChI=1S/C14H18N6O2/c15-14(16)18-8-7-17-12(21)6-5-11-9-3-1-2-4-10(9)13(22)20-19-11/h1-4H,5-8H2,(H,17,21)(H,20,22)(H4,15,16,18)/p+1. The van der Waals surface area contributed by atoms with Gasteiger partial charge in [-0.2, -0.15) is 5.10 Å². The Morgan fingerprint density at radius 2 is 2.00 bits per heavy atom. The molecular weight excluding hydrogens is 284 g/mol. The number of hydrogen-bond acceptors (Lipinski definition) is 3. The van der Waals surface area contributed by atoms with Gasteiger partial charge in [0.25, 0.3) is 5.56 Å². The second-order valence-electron chi connectivity index (χ2n) is 4.78. The van der Waals surface area contributed by atoms with Crippen LogP contribution in [0.1, 0.15) is 12.1 Å².